The highest BCUT2D eigenvalue weighted by atomic mass is 32.1. The van der Waals surface area contributed by atoms with E-state index in [2.05, 4.69) is 0 Å². The summed E-state index contributed by atoms with van der Waals surface area (Å²) in [7, 11) is 0. The first-order chi connectivity index (χ1) is 10.1. The van der Waals surface area contributed by atoms with Gasteiger partial charge in [-0.3, -0.25) is 4.79 Å². The molecule has 6 heteroatoms. The molecule has 1 aromatic carbocycles. The lowest BCUT2D eigenvalue weighted by atomic mass is 10.2. The number of rotatable bonds is 6. The summed E-state index contributed by atoms with van der Waals surface area (Å²) in [6.07, 6.45) is 2.07. The Morgan fingerprint density at radius 1 is 1.29 bits per heavy atom. The van der Waals surface area contributed by atoms with E-state index in [0.717, 1.165) is 0 Å². The summed E-state index contributed by atoms with van der Waals surface area (Å²) in [5.74, 6) is -0.189. The van der Waals surface area contributed by atoms with Crippen LogP contribution in [0.4, 0.5) is 4.39 Å². The topological polar surface area (TPSA) is 57.2 Å². The molecule has 2 N–H and O–H groups in total. The number of aryl methyl sites for hydroxylation is 1. The molecule has 0 radical (unpaired) electrons. The zero-order valence-corrected chi connectivity index (χ0v) is 12.1. The fraction of sp³-hybridized carbons (Fsp3) is 0.200. The molecule has 0 bridgehead atoms. The highest BCUT2D eigenvalue weighted by Crippen LogP contribution is 2.10. The van der Waals surface area contributed by atoms with Gasteiger partial charge in [0.15, 0.2) is 5.75 Å². The van der Waals surface area contributed by atoms with Crippen molar-refractivity contribution in [2.75, 3.05) is 0 Å². The first-order valence-electron chi connectivity index (χ1n) is 6.42. The molecular weight excluding hydrogens is 291 g/mol. The van der Waals surface area contributed by atoms with E-state index in [1.54, 1.807) is 36.5 Å². The molecule has 0 fully saturated rings. The monoisotopic (exact) mass is 306 g/mol. The molecule has 4 nitrogen and oxygen atoms in total. The quantitative estimate of drug-likeness (QED) is 0.832. The zero-order chi connectivity index (χ0) is 15.2. The van der Waals surface area contributed by atoms with E-state index in [-0.39, 0.29) is 23.7 Å². The van der Waals surface area contributed by atoms with E-state index in [1.165, 1.54) is 10.6 Å². The molecule has 1 aromatic heterocycles. The van der Waals surface area contributed by atoms with Crippen molar-refractivity contribution in [2.45, 2.75) is 19.6 Å². The highest BCUT2D eigenvalue weighted by Gasteiger charge is 2.07. The standard InChI is InChI=1S/C15H15FN2O2S/c16-12-5-2-1-4-11(12)10-20-13-6-3-8-18(15(13)19)9-7-14(17)21/h1-6,8H,7,9-10H2,(H2,17,21). The van der Waals surface area contributed by atoms with Crippen LogP contribution in [0.15, 0.2) is 47.4 Å². The maximum absolute atomic E-state index is 13.5. The second-order valence-electron chi connectivity index (χ2n) is 4.47. The Morgan fingerprint density at radius 3 is 2.76 bits per heavy atom. The Morgan fingerprint density at radius 2 is 2.05 bits per heavy atom. The van der Waals surface area contributed by atoms with Crippen molar-refractivity contribution in [3.8, 4) is 5.75 Å². The summed E-state index contributed by atoms with van der Waals surface area (Å²) < 4.78 is 20.4. The number of pyridine rings is 1. The van der Waals surface area contributed by atoms with Crippen LogP contribution in [0.2, 0.25) is 0 Å². The summed E-state index contributed by atoms with van der Waals surface area (Å²) in [6, 6.07) is 9.53. The van der Waals surface area contributed by atoms with Crippen molar-refractivity contribution in [1.29, 1.82) is 0 Å². The van der Waals surface area contributed by atoms with Gasteiger partial charge in [-0.05, 0) is 18.2 Å². The first-order valence-corrected chi connectivity index (χ1v) is 6.82. The van der Waals surface area contributed by atoms with Crippen LogP contribution in [-0.2, 0) is 13.2 Å². The van der Waals surface area contributed by atoms with E-state index in [0.29, 0.717) is 23.5 Å². The Labute approximate surface area is 127 Å². The average molecular weight is 306 g/mol. The minimum Gasteiger partial charge on any atom is -0.483 e. The lowest BCUT2D eigenvalue weighted by Crippen LogP contribution is -2.23. The Balaban J connectivity index is 2.10. The second-order valence-corrected chi connectivity index (χ2v) is 4.99. The van der Waals surface area contributed by atoms with Crippen molar-refractivity contribution in [2.24, 2.45) is 5.73 Å². The molecule has 0 aliphatic heterocycles. The fourth-order valence-electron chi connectivity index (χ4n) is 1.80. The third-order valence-electron chi connectivity index (χ3n) is 2.93. The number of benzene rings is 1. The van der Waals surface area contributed by atoms with Crippen LogP contribution < -0.4 is 16.0 Å². The van der Waals surface area contributed by atoms with Gasteiger partial charge in [0.25, 0.3) is 5.56 Å². The number of hydrogen-bond acceptors (Lipinski definition) is 3. The maximum atomic E-state index is 13.5. The van der Waals surface area contributed by atoms with E-state index >= 15 is 0 Å². The molecule has 2 rings (SSSR count). The fourth-order valence-corrected chi connectivity index (χ4v) is 1.89. The lowest BCUT2D eigenvalue weighted by molar-refractivity contribution is 0.293. The third-order valence-corrected chi connectivity index (χ3v) is 3.13. The van der Waals surface area contributed by atoms with Gasteiger partial charge in [-0.15, -0.1) is 0 Å². The third kappa shape index (κ3) is 4.13. The summed E-state index contributed by atoms with van der Waals surface area (Å²) in [6.45, 7) is 0.395. The summed E-state index contributed by atoms with van der Waals surface area (Å²) >= 11 is 4.79. The Hall–Kier alpha value is -2.21. The van der Waals surface area contributed by atoms with Crippen LogP contribution in [0.1, 0.15) is 12.0 Å². The Bertz CT molecular complexity index is 700. The van der Waals surface area contributed by atoms with Crippen molar-refractivity contribution >= 4 is 17.2 Å². The van der Waals surface area contributed by atoms with Gasteiger partial charge in [0.2, 0.25) is 0 Å². The maximum Gasteiger partial charge on any atom is 0.292 e. The number of halogens is 1. The van der Waals surface area contributed by atoms with Gasteiger partial charge in [-0.2, -0.15) is 0 Å². The second kappa shape index (κ2) is 6.99. The van der Waals surface area contributed by atoms with Gasteiger partial charge >= 0.3 is 0 Å². The van der Waals surface area contributed by atoms with Crippen LogP contribution >= 0.6 is 12.2 Å². The van der Waals surface area contributed by atoms with Crippen LogP contribution in [0.3, 0.4) is 0 Å². The number of thiocarbonyl (C=S) groups is 1. The smallest absolute Gasteiger partial charge is 0.292 e. The molecule has 0 unspecified atom stereocenters. The molecule has 0 aliphatic rings. The number of hydrogen-bond donors (Lipinski definition) is 1. The van der Waals surface area contributed by atoms with E-state index < -0.39 is 0 Å². The first kappa shape index (κ1) is 15.2. The summed E-state index contributed by atoms with van der Waals surface area (Å²) in [5, 5.41) is 0. The van der Waals surface area contributed by atoms with Gasteiger partial charge in [-0.25, -0.2) is 4.39 Å². The number of nitrogens with two attached hydrogens (primary N) is 1. The van der Waals surface area contributed by atoms with E-state index in [4.69, 9.17) is 22.7 Å². The van der Waals surface area contributed by atoms with Gasteiger partial charge in [-0.1, -0.05) is 30.4 Å². The molecule has 0 aliphatic carbocycles. The van der Waals surface area contributed by atoms with Gasteiger partial charge < -0.3 is 15.0 Å². The van der Waals surface area contributed by atoms with Gasteiger partial charge in [0.1, 0.15) is 12.4 Å². The number of aromatic nitrogens is 1. The van der Waals surface area contributed by atoms with Crippen molar-refractivity contribution in [1.82, 2.24) is 4.57 Å². The molecule has 0 spiro atoms. The zero-order valence-electron chi connectivity index (χ0n) is 11.3. The molecule has 2 aromatic rings. The van der Waals surface area contributed by atoms with E-state index in [1.807, 2.05) is 0 Å². The number of ether oxygens (including phenoxy) is 1. The average Bonchev–Trinajstić information content (AvgIpc) is 2.46. The normalized spacial score (nSPS) is 10.3. The summed E-state index contributed by atoms with van der Waals surface area (Å²) in [4.78, 5) is 12.5. The minimum absolute atomic E-state index is 0.00122. The van der Waals surface area contributed by atoms with Crippen LogP contribution in [-0.4, -0.2) is 9.56 Å². The van der Waals surface area contributed by atoms with Gasteiger partial charge in [0, 0.05) is 24.7 Å². The van der Waals surface area contributed by atoms with Crippen LogP contribution in [0.5, 0.6) is 5.75 Å². The Kier molecular flexibility index (Phi) is 5.05. The SMILES string of the molecule is NC(=S)CCn1cccc(OCc2ccccc2F)c1=O. The molecule has 21 heavy (non-hydrogen) atoms. The molecule has 0 saturated carbocycles. The number of nitrogens with zero attached hydrogens (tertiary/aromatic N) is 1. The minimum atomic E-state index is -0.359. The predicted molar refractivity (Wildman–Crippen MR) is 82.8 cm³/mol. The van der Waals surface area contributed by atoms with Crippen molar-refractivity contribution < 1.29 is 9.13 Å². The van der Waals surface area contributed by atoms with Gasteiger partial charge in [0.05, 0.1) is 4.99 Å². The molecule has 0 amide bonds. The molecule has 110 valence electrons. The van der Waals surface area contributed by atoms with E-state index in [9.17, 15) is 9.18 Å². The van der Waals surface area contributed by atoms with Crippen molar-refractivity contribution in [3.05, 3.63) is 64.3 Å². The predicted octanol–water partition coefficient (Wildman–Crippen LogP) is 2.24. The molecule has 1 heterocycles. The van der Waals surface area contributed by atoms with Crippen LogP contribution in [0.25, 0.3) is 0 Å². The highest BCUT2D eigenvalue weighted by molar-refractivity contribution is 7.80. The molecule has 0 saturated heterocycles. The molecular formula is C15H15FN2O2S. The molecule has 0 atom stereocenters. The van der Waals surface area contributed by atoms with Crippen LogP contribution in [0, 0.1) is 5.82 Å². The summed E-state index contributed by atoms with van der Waals surface area (Å²) in [5.41, 5.74) is 5.53. The lowest BCUT2D eigenvalue weighted by Gasteiger charge is -2.09. The van der Waals surface area contributed by atoms with Crippen molar-refractivity contribution in [3.63, 3.8) is 0 Å². The largest absolute Gasteiger partial charge is 0.483 e.